The molecule has 3 N–H and O–H groups in total. The molecule has 132 valence electrons. The van der Waals surface area contributed by atoms with Crippen molar-refractivity contribution < 1.29 is 14.3 Å². The lowest BCUT2D eigenvalue weighted by Gasteiger charge is -2.16. The van der Waals surface area contributed by atoms with Crippen molar-refractivity contribution in [1.29, 1.82) is 0 Å². The Morgan fingerprint density at radius 3 is 2.62 bits per heavy atom. The molecule has 1 saturated heterocycles. The van der Waals surface area contributed by atoms with E-state index in [9.17, 15) is 9.59 Å². The lowest BCUT2D eigenvalue weighted by molar-refractivity contribution is -0.119. The fourth-order valence-corrected chi connectivity index (χ4v) is 3.01. The van der Waals surface area contributed by atoms with Crippen molar-refractivity contribution in [1.82, 2.24) is 10.2 Å². The Labute approximate surface area is 143 Å². The average molecular weight is 333 g/mol. The lowest BCUT2D eigenvalue weighted by atomic mass is 9.99. The van der Waals surface area contributed by atoms with Crippen LogP contribution in [0, 0.1) is 5.92 Å². The van der Waals surface area contributed by atoms with Crippen molar-refractivity contribution in [3.63, 3.8) is 0 Å². The van der Waals surface area contributed by atoms with Gasteiger partial charge in [0.25, 0.3) is 5.91 Å². The summed E-state index contributed by atoms with van der Waals surface area (Å²) in [4.78, 5) is 25.2. The number of ether oxygens (including phenoxy) is 1. The highest BCUT2D eigenvalue weighted by Crippen LogP contribution is 2.22. The number of nitrogens with one attached hydrogen (secondary N) is 1. The summed E-state index contributed by atoms with van der Waals surface area (Å²) in [6, 6.07) is 7.18. The zero-order valence-corrected chi connectivity index (χ0v) is 14.5. The average Bonchev–Trinajstić information content (AvgIpc) is 2.93. The maximum Gasteiger partial charge on any atom is 0.253 e. The molecular formula is C18H27N3O3. The van der Waals surface area contributed by atoms with Crippen LogP contribution in [0.2, 0.25) is 0 Å². The van der Waals surface area contributed by atoms with Gasteiger partial charge in [0.05, 0.1) is 6.54 Å². The molecule has 0 aliphatic carbocycles. The molecule has 6 heteroatoms. The molecule has 0 spiro atoms. The molecule has 1 heterocycles. The van der Waals surface area contributed by atoms with Gasteiger partial charge in [-0.25, -0.2) is 0 Å². The Kier molecular flexibility index (Phi) is 6.61. The number of carbonyl (C=O) groups excluding carboxylic acids is 2. The number of hydrogen-bond acceptors (Lipinski definition) is 4. The summed E-state index contributed by atoms with van der Waals surface area (Å²) >= 11 is 0. The van der Waals surface area contributed by atoms with Gasteiger partial charge in [-0.05, 0) is 36.6 Å². The second-order valence-corrected chi connectivity index (χ2v) is 6.28. The molecular weight excluding hydrogens is 306 g/mol. The summed E-state index contributed by atoms with van der Waals surface area (Å²) in [5.41, 5.74) is 6.79. The number of carbonyl (C=O) groups is 2. The van der Waals surface area contributed by atoms with Crippen LogP contribution >= 0.6 is 0 Å². The predicted molar refractivity (Wildman–Crippen MR) is 92.9 cm³/mol. The van der Waals surface area contributed by atoms with Crippen molar-refractivity contribution in [2.75, 3.05) is 26.2 Å². The molecule has 0 radical (unpaired) electrons. The third kappa shape index (κ3) is 4.96. The Hall–Kier alpha value is -2.08. The molecule has 2 rings (SSSR count). The Morgan fingerprint density at radius 2 is 2.00 bits per heavy atom. The highest BCUT2D eigenvalue weighted by molar-refractivity contribution is 5.94. The first-order valence-electron chi connectivity index (χ1n) is 8.53. The van der Waals surface area contributed by atoms with E-state index >= 15 is 0 Å². The van der Waals surface area contributed by atoms with Gasteiger partial charge < -0.3 is 20.7 Å². The minimum atomic E-state index is -0.0789. The molecule has 2 amide bonds. The minimum Gasteiger partial charge on any atom is -0.492 e. The number of likely N-dealkylation sites (tertiary alicyclic amines) is 1. The summed E-state index contributed by atoms with van der Waals surface area (Å²) in [7, 11) is 0. The fraction of sp³-hybridized carbons (Fsp3) is 0.556. The number of benzene rings is 1. The van der Waals surface area contributed by atoms with E-state index in [0.29, 0.717) is 36.9 Å². The third-order valence-corrected chi connectivity index (χ3v) is 4.28. The van der Waals surface area contributed by atoms with E-state index in [1.54, 1.807) is 24.3 Å². The first-order valence-corrected chi connectivity index (χ1v) is 8.53. The summed E-state index contributed by atoms with van der Waals surface area (Å²) in [6.07, 6.45) is 2.15. The maximum atomic E-state index is 12.6. The smallest absolute Gasteiger partial charge is 0.253 e. The van der Waals surface area contributed by atoms with Crippen LogP contribution in [0.25, 0.3) is 0 Å². The molecule has 6 nitrogen and oxygen atoms in total. The number of nitrogens with two attached hydrogens (primary N) is 1. The van der Waals surface area contributed by atoms with E-state index in [-0.39, 0.29) is 17.9 Å². The summed E-state index contributed by atoms with van der Waals surface area (Å²) in [5.74, 6) is 1.02. The molecule has 1 aromatic carbocycles. The maximum absolute atomic E-state index is 12.6. The third-order valence-electron chi connectivity index (χ3n) is 4.28. The molecule has 2 atom stereocenters. The van der Waals surface area contributed by atoms with E-state index in [1.165, 1.54) is 6.92 Å². The summed E-state index contributed by atoms with van der Waals surface area (Å²) in [6.45, 7) is 5.83. The van der Waals surface area contributed by atoms with Crippen molar-refractivity contribution in [3.8, 4) is 5.75 Å². The number of nitrogens with zero attached hydrogens (tertiary/aromatic N) is 1. The van der Waals surface area contributed by atoms with Gasteiger partial charge in [-0.1, -0.05) is 13.3 Å². The first-order chi connectivity index (χ1) is 11.5. The van der Waals surface area contributed by atoms with Crippen LogP contribution in [-0.2, 0) is 4.79 Å². The molecule has 1 fully saturated rings. The van der Waals surface area contributed by atoms with Gasteiger partial charge >= 0.3 is 0 Å². The number of amides is 2. The van der Waals surface area contributed by atoms with Crippen LogP contribution in [0.1, 0.15) is 37.0 Å². The van der Waals surface area contributed by atoms with Crippen molar-refractivity contribution in [3.05, 3.63) is 29.8 Å². The molecule has 24 heavy (non-hydrogen) atoms. The molecule has 0 unspecified atom stereocenters. The standard InChI is InChI=1S/C18H27N3O3/c1-3-4-15-11-21(12-17(15)19)18(23)14-5-7-16(8-6-14)24-10-9-20-13(2)22/h5-8,15,17H,3-4,9-12,19H2,1-2H3,(H,20,22)/t15-,17-/m1/s1. The largest absolute Gasteiger partial charge is 0.492 e. The SMILES string of the molecule is CCC[C@@H]1CN(C(=O)c2ccc(OCCNC(C)=O)cc2)C[C@H]1N. The zero-order chi connectivity index (χ0) is 17.5. The lowest BCUT2D eigenvalue weighted by Crippen LogP contribution is -2.32. The van der Waals surface area contributed by atoms with Gasteiger partial charge in [0.2, 0.25) is 5.91 Å². The van der Waals surface area contributed by atoms with Gasteiger partial charge in [0, 0.05) is 31.6 Å². The first kappa shape index (κ1) is 18.3. The Morgan fingerprint density at radius 1 is 1.29 bits per heavy atom. The second-order valence-electron chi connectivity index (χ2n) is 6.28. The van der Waals surface area contributed by atoms with E-state index < -0.39 is 0 Å². The number of rotatable bonds is 7. The molecule has 0 bridgehead atoms. The normalized spacial score (nSPS) is 20.0. The van der Waals surface area contributed by atoms with E-state index in [0.717, 1.165) is 19.4 Å². The molecule has 1 aliphatic heterocycles. The van der Waals surface area contributed by atoms with Gasteiger partial charge in [0.15, 0.2) is 0 Å². The van der Waals surface area contributed by atoms with Crippen LogP contribution in [0.5, 0.6) is 5.75 Å². The van der Waals surface area contributed by atoms with E-state index in [1.807, 2.05) is 4.90 Å². The van der Waals surface area contributed by atoms with Crippen molar-refractivity contribution in [2.24, 2.45) is 11.7 Å². The molecule has 1 aromatic rings. The number of hydrogen-bond donors (Lipinski definition) is 2. The van der Waals surface area contributed by atoms with Crippen LogP contribution in [-0.4, -0.2) is 49.0 Å². The van der Waals surface area contributed by atoms with Crippen LogP contribution in [0.15, 0.2) is 24.3 Å². The van der Waals surface area contributed by atoms with Crippen LogP contribution < -0.4 is 15.8 Å². The van der Waals surface area contributed by atoms with Gasteiger partial charge in [-0.2, -0.15) is 0 Å². The Bertz CT molecular complexity index is 559. The molecule has 1 aliphatic rings. The van der Waals surface area contributed by atoms with Crippen LogP contribution in [0.4, 0.5) is 0 Å². The van der Waals surface area contributed by atoms with Crippen molar-refractivity contribution in [2.45, 2.75) is 32.7 Å². The molecule has 0 saturated carbocycles. The van der Waals surface area contributed by atoms with Gasteiger partial charge in [-0.15, -0.1) is 0 Å². The monoisotopic (exact) mass is 333 g/mol. The molecule has 0 aromatic heterocycles. The van der Waals surface area contributed by atoms with E-state index in [4.69, 9.17) is 10.5 Å². The minimum absolute atomic E-state index is 0.0221. The summed E-state index contributed by atoms with van der Waals surface area (Å²) in [5, 5.41) is 2.66. The Balaban J connectivity index is 1.86. The van der Waals surface area contributed by atoms with Crippen LogP contribution in [0.3, 0.4) is 0 Å². The topological polar surface area (TPSA) is 84.7 Å². The van der Waals surface area contributed by atoms with E-state index in [2.05, 4.69) is 12.2 Å². The predicted octanol–water partition coefficient (Wildman–Crippen LogP) is 1.40. The zero-order valence-electron chi connectivity index (χ0n) is 14.5. The van der Waals surface area contributed by atoms with Crippen molar-refractivity contribution >= 4 is 11.8 Å². The quantitative estimate of drug-likeness (QED) is 0.739. The second kappa shape index (κ2) is 8.68. The van der Waals surface area contributed by atoms with Gasteiger partial charge in [0.1, 0.15) is 12.4 Å². The highest BCUT2D eigenvalue weighted by atomic mass is 16.5. The fourth-order valence-electron chi connectivity index (χ4n) is 3.01. The highest BCUT2D eigenvalue weighted by Gasteiger charge is 2.32. The summed E-state index contributed by atoms with van der Waals surface area (Å²) < 4.78 is 5.52. The van der Waals surface area contributed by atoms with Gasteiger partial charge in [-0.3, -0.25) is 9.59 Å².